The van der Waals surface area contributed by atoms with E-state index in [0.717, 1.165) is 52.2 Å². The van der Waals surface area contributed by atoms with Gasteiger partial charge in [0.1, 0.15) is 5.76 Å². The average molecular weight is 517 g/mol. The van der Waals surface area contributed by atoms with E-state index in [0.29, 0.717) is 5.89 Å². The zero-order valence-electron chi connectivity index (χ0n) is 21.9. The van der Waals surface area contributed by atoms with E-state index in [1.165, 1.54) is 12.4 Å². The third kappa shape index (κ3) is 5.82. The van der Waals surface area contributed by atoms with Gasteiger partial charge >= 0.3 is 11.9 Å². The molecule has 38 heavy (non-hydrogen) atoms. The molecule has 0 amide bonds. The second-order valence-electron chi connectivity index (χ2n) is 8.85. The maximum absolute atomic E-state index is 13.1. The number of carbonyl (C=O) groups is 2. The van der Waals surface area contributed by atoms with E-state index >= 15 is 0 Å². The number of hydrogen-bond donors (Lipinski definition) is 0. The molecule has 4 rings (SSSR count). The van der Waals surface area contributed by atoms with E-state index in [1.54, 1.807) is 13.8 Å². The van der Waals surface area contributed by atoms with Crippen LogP contribution >= 0.6 is 0 Å². The number of oxazole rings is 1. The molecule has 4 aromatic rings. The highest BCUT2D eigenvalue weighted by Crippen LogP contribution is 2.26. The lowest BCUT2D eigenvalue weighted by Gasteiger charge is -2.28. The molecule has 0 saturated carbocycles. The molecule has 2 heterocycles. The molecule has 0 aliphatic heterocycles. The summed E-state index contributed by atoms with van der Waals surface area (Å²) >= 11 is 0. The van der Waals surface area contributed by atoms with Gasteiger partial charge in [-0.25, -0.2) is 14.6 Å². The summed E-state index contributed by atoms with van der Waals surface area (Å²) in [6.07, 6.45) is 5.36. The molecular formula is C29H32N4O5. The summed E-state index contributed by atoms with van der Waals surface area (Å²) < 4.78 is 16.4. The molecule has 0 aliphatic rings. The van der Waals surface area contributed by atoms with Gasteiger partial charge in [-0.15, -0.1) is 0 Å². The van der Waals surface area contributed by atoms with Gasteiger partial charge in [0.05, 0.1) is 31.3 Å². The van der Waals surface area contributed by atoms with Crippen molar-refractivity contribution >= 4 is 11.9 Å². The number of aryl methyl sites for hydroxylation is 3. The molecule has 9 heteroatoms. The van der Waals surface area contributed by atoms with Crippen molar-refractivity contribution in [3.63, 3.8) is 0 Å². The fourth-order valence-corrected chi connectivity index (χ4v) is 4.32. The first kappa shape index (κ1) is 26.8. The zero-order chi connectivity index (χ0) is 27.0. The lowest BCUT2D eigenvalue weighted by Crippen LogP contribution is -2.54. The summed E-state index contributed by atoms with van der Waals surface area (Å²) in [6, 6.07) is 17.7. The van der Waals surface area contributed by atoms with Crippen molar-refractivity contribution in [1.82, 2.24) is 20.0 Å². The van der Waals surface area contributed by atoms with Gasteiger partial charge in [0.25, 0.3) is 5.54 Å². The Morgan fingerprint density at radius 3 is 2.08 bits per heavy atom. The summed E-state index contributed by atoms with van der Waals surface area (Å²) in [5, 5.41) is 8.19. The highest BCUT2D eigenvalue weighted by Gasteiger charge is 2.53. The molecular weight excluding hydrogens is 484 g/mol. The Morgan fingerprint density at radius 1 is 0.868 bits per heavy atom. The summed E-state index contributed by atoms with van der Waals surface area (Å²) in [6.45, 7) is 5.53. The third-order valence-electron chi connectivity index (χ3n) is 6.26. The van der Waals surface area contributed by atoms with Gasteiger partial charge in [0, 0.05) is 12.0 Å². The van der Waals surface area contributed by atoms with E-state index in [9.17, 15) is 9.59 Å². The van der Waals surface area contributed by atoms with E-state index < -0.39 is 17.5 Å². The van der Waals surface area contributed by atoms with Crippen molar-refractivity contribution in [2.45, 2.75) is 52.0 Å². The summed E-state index contributed by atoms with van der Waals surface area (Å²) in [5.41, 5.74) is 1.96. The number of rotatable bonds is 12. The van der Waals surface area contributed by atoms with Gasteiger partial charge in [0.15, 0.2) is 0 Å². The van der Waals surface area contributed by atoms with Crippen LogP contribution < -0.4 is 0 Å². The minimum atomic E-state index is -1.85. The topological polar surface area (TPSA) is 109 Å². The standard InChI is InChI=1S/C29H32N4O5/c1-4-36-27(34)29(28(35)37-5-2,33-30-18-19-31-33)20-23-16-14-22(15-17-23)10-9-13-25-21(3)38-26(32-25)24-11-7-6-8-12-24/h6-8,11-12,14-19H,4-5,9-10,13,20H2,1-3H3. The highest BCUT2D eigenvalue weighted by molar-refractivity contribution is 6.02. The fourth-order valence-electron chi connectivity index (χ4n) is 4.32. The van der Waals surface area contributed by atoms with Gasteiger partial charge in [-0.1, -0.05) is 42.5 Å². The molecule has 9 nitrogen and oxygen atoms in total. The molecule has 0 saturated heterocycles. The number of esters is 2. The maximum Gasteiger partial charge on any atom is 0.348 e. The van der Waals surface area contributed by atoms with Crippen LogP contribution in [0.3, 0.4) is 0 Å². The summed E-state index contributed by atoms with van der Waals surface area (Å²) in [7, 11) is 0. The molecule has 0 spiro atoms. The van der Waals surface area contributed by atoms with E-state index in [4.69, 9.17) is 13.9 Å². The molecule has 2 aromatic heterocycles. The van der Waals surface area contributed by atoms with Crippen LogP contribution in [0.15, 0.2) is 71.4 Å². The number of nitrogens with zero attached hydrogens (tertiary/aromatic N) is 4. The first-order valence-corrected chi connectivity index (χ1v) is 12.8. The quantitative estimate of drug-likeness (QED) is 0.200. The zero-order valence-corrected chi connectivity index (χ0v) is 21.9. The van der Waals surface area contributed by atoms with Crippen LogP contribution in [0.5, 0.6) is 0 Å². The molecule has 0 aliphatic carbocycles. The average Bonchev–Trinajstić information content (AvgIpc) is 3.59. The SMILES string of the molecule is CCOC(=O)C(Cc1ccc(CCCc2nc(-c3ccccc3)oc2C)cc1)(C(=O)OCC)n1nccn1. The summed E-state index contributed by atoms with van der Waals surface area (Å²) in [4.78, 5) is 32.0. The van der Waals surface area contributed by atoms with Gasteiger partial charge in [-0.2, -0.15) is 15.0 Å². The molecule has 0 radical (unpaired) electrons. The fraction of sp³-hybridized carbons (Fsp3) is 0.345. The van der Waals surface area contributed by atoms with Crippen molar-refractivity contribution in [1.29, 1.82) is 0 Å². The van der Waals surface area contributed by atoms with Crippen LogP contribution in [0, 0.1) is 6.92 Å². The minimum absolute atomic E-state index is 0.0000235. The van der Waals surface area contributed by atoms with Crippen molar-refractivity contribution in [2.24, 2.45) is 0 Å². The second kappa shape index (κ2) is 12.3. The Hall–Kier alpha value is -4.27. The van der Waals surface area contributed by atoms with Gasteiger partial charge < -0.3 is 13.9 Å². The van der Waals surface area contributed by atoms with E-state index in [2.05, 4.69) is 15.2 Å². The Bertz CT molecular complexity index is 1310. The number of hydrogen-bond acceptors (Lipinski definition) is 8. The Morgan fingerprint density at radius 2 is 1.47 bits per heavy atom. The molecule has 0 fully saturated rings. The number of benzene rings is 2. The smallest absolute Gasteiger partial charge is 0.348 e. The Labute approximate surface area is 221 Å². The van der Waals surface area contributed by atoms with Crippen LogP contribution in [0.1, 0.15) is 42.8 Å². The molecule has 2 aromatic carbocycles. The normalized spacial score (nSPS) is 11.3. The number of aromatic nitrogens is 4. The number of ether oxygens (including phenoxy) is 2. The van der Waals surface area contributed by atoms with Crippen molar-refractivity contribution in [3.8, 4) is 11.5 Å². The van der Waals surface area contributed by atoms with E-state index in [1.807, 2.05) is 61.5 Å². The largest absolute Gasteiger partial charge is 0.464 e. The lowest BCUT2D eigenvalue weighted by molar-refractivity contribution is -0.172. The van der Waals surface area contributed by atoms with Crippen LogP contribution in [0.2, 0.25) is 0 Å². The third-order valence-corrected chi connectivity index (χ3v) is 6.26. The van der Waals surface area contributed by atoms with Crippen molar-refractivity contribution < 1.29 is 23.5 Å². The summed E-state index contributed by atoms with van der Waals surface area (Å²) in [5.74, 6) is -0.0327. The molecule has 0 atom stereocenters. The van der Waals surface area contributed by atoms with Gasteiger partial charge in [0.2, 0.25) is 5.89 Å². The minimum Gasteiger partial charge on any atom is -0.464 e. The molecule has 0 bridgehead atoms. The Balaban J connectivity index is 1.45. The lowest BCUT2D eigenvalue weighted by atomic mass is 9.90. The van der Waals surface area contributed by atoms with Crippen molar-refractivity contribution in [2.75, 3.05) is 13.2 Å². The van der Waals surface area contributed by atoms with Crippen LogP contribution in [-0.4, -0.2) is 45.1 Å². The van der Waals surface area contributed by atoms with Crippen molar-refractivity contribution in [3.05, 3.63) is 89.6 Å². The van der Waals surface area contributed by atoms with Gasteiger partial charge in [-0.05, 0) is 63.3 Å². The first-order valence-electron chi connectivity index (χ1n) is 12.8. The predicted octanol–water partition coefficient (Wildman–Crippen LogP) is 4.48. The Kier molecular flexibility index (Phi) is 8.68. The predicted molar refractivity (Wildman–Crippen MR) is 140 cm³/mol. The monoisotopic (exact) mass is 516 g/mol. The number of carbonyl (C=O) groups excluding carboxylic acids is 2. The molecule has 0 N–H and O–H groups in total. The maximum atomic E-state index is 13.1. The van der Waals surface area contributed by atoms with Crippen LogP contribution in [0.4, 0.5) is 0 Å². The first-order chi connectivity index (χ1) is 18.5. The second-order valence-corrected chi connectivity index (χ2v) is 8.85. The molecule has 198 valence electrons. The van der Waals surface area contributed by atoms with Crippen LogP contribution in [0.25, 0.3) is 11.5 Å². The van der Waals surface area contributed by atoms with E-state index in [-0.39, 0.29) is 19.6 Å². The highest BCUT2D eigenvalue weighted by atomic mass is 16.6. The van der Waals surface area contributed by atoms with Crippen LogP contribution in [-0.2, 0) is 43.9 Å². The van der Waals surface area contributed by atoms with Gasteiger partial charge in [-0.3, -0.25) is 0 Å². The molecule has 0 unspecified atom stereocenters.